The van der Waals surface area contributed by atoms with E-state index < -0.39 is 0 Å². The SMILES string of the molecule is COC(=O)CCCCCCOc1cccc(Cn2cnc3c(-c4ccc(C)o4)nc(N)nc32)c1. The Morgan fingerprint density at radius 2 is 1.97 bits per heavy atom. The van der Waals surface area contributed by atoms with Crippen molar-refractivity contribution in [1.29, 1.82) is 0 Å². The zero-order valence-corrected chi connectivity index (χ0v) is 19.5. The van der Waals surface area contributed by atoms with Crippen LogP contribution in [0.1, 0.15) is 43.4 Å². The van der Waals surface area contributed by atoms with Gasteiger partial charge in [-0.15, -0.1) is 0 Å². The van der Waals surface area contributed by atoms with Crippen LogP contribution in [0.3, 0.4) is 0 Å². The number of imidazole rings is 1. The number of unbranched alkanes of at least 4 members (excludes halogenated alkanes) is 3. The summed E-state index contributed by atoms with van der Waals surface area (Å²) in [5, 5.41) is 0. The number of nitrogen functional groups attached to an aromatic ring is 1. The number of rotatable bonds is 11. The van der Waals surface area contributed by atoms with Crippen LogP contribution in [0.5, 0.6) is 5.75 Å². The van der Waals surface area contributed by atoms with E-state index in [2.05, 4.69) is 19.7 Å². The highest BCUT2D eigenvalue weighted by atomic mass is 16.5. The van der Waals surface area contributed by atoms with Gasteiger partial charge in [0.25, 0.3) is 0 Å². The minimum Gasteiger partial charge on any atom is -0.494 e. The van der Waals surface area contributed by atoms with E-state index in [-0.39, 0.29) is 11.9 Å². The van der Waals surface area contributed by atoms with Crippen molar-refractivity contribution in [2.24, 2.45) is 0 Å². The molecule has 0 saturated heterocycles. The second-order valence-corrected chi connectivity index (χ2v) is 8.12. The summed E-state index contributed by atoms with van der Waals surface area (Å²) in [5.41, 5.74) is 8.92. The minimum absolute atomic E-state index is 0.153. The van der Waals surface area contributed by atoms with Gasteiger partial charge in [0.1, 0.15) is 22.7 Å². The Labute approximate surface area is 197 Å². The van der Waals surface area contributed by atoms with E-state index in [0.717, 1.165) is 42.8 Å². The number of furan rings is 1. The molecule has 2 N–H and O–H groups in total. The zero-order valence-electron chi connectivity index (χ0n) is 19.5. The smallest absolute Gasteiger partial charge is 0.305 e. The van der Waals surface area contributed by atoms with Gasteiger partial charge in [-0.2, -0.15) is 4.98 Å². The summed E-state index contributed by atoms with van der Waals surface area (Å²) in [5.74, 6) is 2.24. The molecule has 178 valence electrons. The van der Waals surface area contributed by atoms with Crippen molar-refractivity contribution in [3.63, 3.8) is 0 Å². The molecule has 0 radical (unpaired) electrons. The van der Waals surface area contributed by atoms with Crippen LogP contribution in [-0.4, -0.2) is 39.2 Å². The number of aromatic nitrogens is 4. The number of ether oxygens (including phenoxy) is 2. The molecule has 34 heavy (non-hydrogen) atoms. The number of hydrogen-bond donors (Lipinski definition) is 1. The van der Waals surface area contributed by atoms with Gasteiger partial charge in [0, 0.05) is 6.42 Å². The molecule has 1 aromatic carbocycles. The molecule has 0 fully saturated rings. The van der Waals surface area contributed by atoms with Gasteiger partial charge in [-0.25, -0.2) is 9.97 Å². The highest BCUT2D eigenvalue weighted by molar-refractivity contribution is 5.86. The lowest BCUT2D eigenvalue weighted by atomic mass is 10.1. The third-order valence-corrected chi connectivity index (χ3v) is 5.48. The van der Waals surface area contributed by atoms with Crippen molar-refractivity contribution in [2.45, 2.75) is 45.6 Å². The molecule has 4 rings (SSSR count). The first-order valence-corrected chi connectivity index (χ1v) is 11.4. The van der Waals surface area contributed by atoms with E-state index >= 15 is 0 Å². The van der Waals surface area contributed by atoms with Gasteiger partial charge in [-0.3, -0.25) is 4.79 Å². The van der Waals surface area contributed by atoms with Gasteiger partial charge in [-0.05, 0) is 49.6 Å². The molecule has 0 bridgehead atoms. The minimum atomic E-state index is -0.153. The summed E-state index contributed by atoms with van der Waals surface area (Å²) >= 11 is 0. The van der Waals surface area contributed by atoms with E-state index in [9.17, 15) is 4.79 Å². The van der Waals surface area contributed by atoms with Gasteiger partial charge in [0.2, 0.25) is 5.95 Å². The number of methoxy groups -OCH3 is 1. The topological polar surface area (TPSA) is 118 Å². The van der Waals surface area contributed by atoms with E-state index in [1.807, 2.05) is 47.9 Å². The molecule has 3 heterocycles. The first-order chi connectivity index (χ1) is 16.5. The Kier molecular flexibility index (Phi) is 7.41. The van der Waals surface area contributed by atoms with Crippen LogP contribution in [0, 0.1) is 6.92 Å². The van der Waals surface area contributed by atoms with E-state index in [1.165, 1.54) is 7.11 Å². The van der Waals surface area contributed by atoms with Gasteiger partial charge in [-0.1, -0.05) is 25.0 Å². The molecule has 9 heteroatoms. The summed E-state index contributed by atoms with van der Waals surface area (Å²) in [6.45, 7) is 3.07. The maximum atomic E-state index is 11.1. The number of carbonyl (C=O) groups is 1. The Morgan fingerprint density at radius 3 is 2.76 bits per heavy atom. The Morgan fingerprint density at radius 1 is 1.12 bits per heavy atom. The molecular formula is C25H29N5O4. The number of anilines is 1. The fraction of sp³-hybridized carbons (Fsp3) is 0.360. The van der Waals surface area contributed by atoms with Crippen LogP contribution in [-0.2, 0) is 16.1 Å². The van der Waals surface area contributed by atoms with Crippen molar-refractivity contribution in [1.82, 2.24) is 19.5 Å². The van der Waals surface area contributed by atoms with Crippen molar-refractivity contribution >= 4 is 23.1 Å². The third-order valence-electron chi connectivity index (χ3n) is 5.48. The molecule has 0 aliphatic heterocycles. The van der Waals surface area contributed by atoms with Crippen molar-refractivity contribution in [3.05, 3.63) is 54.0 Å². The summed E-state index contributed by atoms with van der Waals surface area (Å²) in [7, 11) is 1.42. The number of fused-ring (bicyclic) bond motifs is 1. The first-order valence-electron chi connectivity index (χ1n) is 11.4. The molecule has 0 saturated carbocycles. The van der Waals surface area contributed by atoms with Crippen LogP contribution in [0.4, 0.5) is 5.95 Å². The predicted octanol–water partition coefficient (Wildman–Crippen LogP) is 4.53. The normalized spacial score (nSPS) is 11.1. The molecule has 0 aliphatic rings. The summed E-state index contributed by atoms with van der Waals surface area (Å²) in [6.07, 6.45) is 5.98. The van der Waals surface area contributed by atoms with Gasteiger partial charge < -0.3 is 24.2 Å². The van der Waals surface area contributed by atoms with Crippen LogP contribution < -0.4 is 10.5 Å². The van der Waals surface area contributed by atoms with Gasteiger partial charge in [0.15, 0.2) is 11.4 Å². The largest absolute Gasteiger partial charge is 0.494 e. The summed E-state index contributed by atoms with van der Waals surface area (Å²) < 4.78 is 18.2. The molecule has 0 aliphatic carbocycles. The van der Waals surface area contributed by atoms with E-state index in [4.69, 9.17) is 14.9 Å². The number of hydrogen-bond acceptors (Lipinski definition) is 8. The number of benzene rings is 1. The van der Waals surface area contributed by atoms with Gasteiger partial charge >= 0.3 is 5.97 Å². The Hall–Kier alpha value is -3.88. The highest BCUT2D eigenvalue weighted by Gasteiger charge is 2.16. The van der Waals surface area contributed by atoms with Crippen molar-refractivity contribution < 1.29 is 18.7 Å². The second-order valence-electron chi connectivity index (χ2n) is 8.12. The fourth-order valence-electron chi connectivity index (χ4n) is 3.76. The summed E-state index contributed by atoms with van der Waals surface area (Å²) in [6, 6.07) is 11.7. The molecule has 4 aromatic rings. The maximum absolute atomic E-state index is 11.1. The number of nitrogens with two attached hydrogens (primary N) is 1. The van der Waals surface area contributed by atoms with Crippen LogP contribution in [0.2, 0.25) is 0 Å². The molecule has 0 spiro atoms. The Balaban J connectivity index is 1.38. The standard InChI is InChI=1S/C25H29N5O4/c1-17-11-12-20(34-17)22-23-24(29-25(26)28-22)30(16-27-23)15-18-8-7-9-19(14-18)33-13-6-4-3-5-10-21(31)32-2/h7-9,11-12,14,16H,3-6,10,13,15H2,1-2H3,(H2,26,28,29). The highest BCUT2D eigenvalue weighted by Crippen LogP contribution is 2.28. The number of nitrogens with zero attached hydrogens (tertiary/aromatic N) is 4. The molecule has 0 unspecified atom stereocenters. The number of aryl methyl sites for hydroxylation is 1. The Bertz CT molecular complexity index is 1260. The lowest BCUT2D eigenvalue weighted by molar-refractivity contribution is -0.140. The fourth-order valence-corrected chi connectivity index (χ4v) is 3.76. The predicted molar refractivity (Wildman–Crippen MR) is 128 cm³/mol. The second kappa shape index (κ2) is 10.8. The number of carbonyl (C=O) groups excluding carboxylic acids is 1. The molecule has 0 atom stereocenters. The average molecular weight is 464 g/mol. The van der Waals surface area contributed by atoms with Gasteiger partial charge in [0.05, 0.1) is 26.6 Å². The molecule has 3 aromatic heterocycles. The van der Waals surface area contributed by atoms with Crippen LogP contribution >= 0.6 is 0 Å². The van der Waals surface area contributed by atoms with Crippen molar-refractivity contribution in [2.75, 3.05) is 19.5 Å². The van der Waals surface area contributed by atoms with Crippen molar-refractivity contribution in [3.8, 4) is 17.2 Å². The third kappa shape index (κ3) is 5.72. The first kappa shape index (κ1) is 23.3. The zero-order chi connectivity index (χ0) is 23.9. The molecule has 9 nitrogen and oxygen atoms in total. The van der Waals surface area contributed by atoms with Crippen LogP contribution in [0.25, 0.3) is 22.6 Å². The van der Waals surface area contributed by atoms with E-state index in [0.29, 0.717) is 42.2 Å². The lowest BCUT2D eigenvalue weighted by Gasteiger charge is -2.09. The molecule has 0 amide bonds. The van der Waals surface area contributed by atoms with E-state index in [1.54, 1.807) is 6.33 Å². The maximum Gasteiger partial charge on any atom is 0.305 e. The average Bonchev–Trinajstić information content (AvgIpc) is 3.44. The quantitative estimate of drug-likeness (QED) is 0.255. The number of esters is 1. The summed E-state index contributed by atoms with van der Waals surface area (Å²) in [4.78, 5) is 24.4. The monoisotopic (exact) mass is 463 g/mol. The van der Waals surface area contributed by atoms with Crippen LogP contribution in [0.15, 0.2) is 47.1 Å². The molecular weight excluding hydrogens is 434 g/mol. The lowest BCUT2D eigenvalue weighted by Crippen LogP contribution is -2.04.